The molecule has 0 saturated heterocycles. The van der Waals surface area contributed by atoms with Crippen molar-refractivity contribution in [3.05, 3.63) is 209 Å². The molecule has 3 heteroatoms. The highest BCUT2D eigenvalue weighted by atomic mass is 16.1. The molecule has 0 atom stereocenters. The van der Waals surface area contributed by atoms with E-state index < -0.39 is 0 Å². The average molecular weight is 621 g/mol. The van der Waals surface area contributed by atoms with Gasteiger partial charge >= 0.3 is 0 Å². The Morgan fingerprint density at radius 2 is 0.771 bits per heavy atom. The average Bonchev–Trinajstić information content (AvgIpc) is 3.18. The van der Waals surface area contributed by atoms with E-state index >= 15 is 0 Å². The molecular formula is C45H32O3. The summed E-state index contributed by atoms with van der Waals surface area (Å²) in [6.07, 6.45) is 8.16. The predicted octanol–water partition coefficient (Wildman–Crippen LogP) is 10.4. The topological polar surface area (TPSA) is 51.2 Å². The Bertz CT molecular complexity index is 2110. The molecule has 3 nitrogen and oxygen atoms in total. The first-order valence-corrected chi connectivity index (χ1v) is 16.1. The van der Waals surface area contributed by atoms with Gasteiger partial charge in [-0.1, -0.05) is 152 Å². The Morgan fingerprint density at radius 1 is 0.396 bits per heavy atom. The summed E-state index contributed by atoms with van der Waals surface area (Å²) < 4.78 is 0. The minimum absolute atomic E-state index is 0.248. The fourth-order valence-corrected chi connectivity index (χ4v) is 6.33. The minimum atomic E-state index is -0.263. The maximum Gasteiger partial charge on any atom is 0.193 e. The summed E-state index contributed by atoms with van der Waals surface area (Å²) in [7, 11) is 0. The van der Waals surface area contributed by atoms with Gasteiger partial charge in [-0.25, -0.2) is 0 Å². The normalized spacial score (nSPS) is 12.3. The molecule has 0 aliphatic heterocycles. The van der Waals surface area contributed by atoms with Crippen LogP contribution < -0.4 is 0 Å². The minimum Gasteiger partial charge on any atom is -0.289 e. The number of hydrogen-bond donors (Lipinski definition) is 0. The summed E-state index contributed by atoms with van der Waals surface area (Å²) in [4.78, 5) is 43.3. The van der Waals surface area contributed by atoms with E-state index in [9.17, 15) is 14.4 Å². The summed E-state index contributed by atoms with van der Waals surface area (Å²) in [6, 6.07) is 46.8. The Balaban J connectivity index is 1.38. The number of hydrogen-bond acceptors (Lipinski definition) is 3. The van der Waals surface area contributed by atoms with Crippen molar-refractivity contribution >= 4 is 22.9 Å². The molecule has 0 bridgehead atoms. The first-order valence-electron chi connectivity index (χ1n) is 16.1. The van der Waals surface area contributed by atoms with Crippen molar-refractivity contribution in [1.82, 2.24) is 0 Å². The lowest BCUT2D eigenvalue weighted by Crippen LogP contribution is -2.12. The van der Waals surface area contributed by atoms with Gasteiger partial charge in [-0.15, -0.1) is 0 Å². The van der Waals surface area contributed by atoms with E-state index in [-0.39, 0.29) is 34.0 Å². The largest absolute Gasteiger partial charge is 0.289 e. The maximum atomic E-state index is 14.4. The number of allylic oxidation sites excluding steroid dienone is 4. The van der Waals surface area contributed by atoms with Gasteiger partial charge in [0.1, 0.15) is 0 Å². The van der Waals surface area contributed by atoms with E-state index in [1.165, 1.54) is 0 Å². The molecule has 48 heavy (non-hydrogen) atoms. The van der Waals surface area contributed by atoms with E-state index in [1.54, 1.807) is 30.3 Å². The number of carbonyl (C=O) groups is 3. The van der Waals surface area contributed by atoms with Gasteiger partial charge in [-0.05, 0) is 64.4 Å². The van der Waals surface area contributed by atoms with E-state index in [2.05, 4.69) is 12.2 Å². The van der Waals surface area contributed by atoms with Crippen LogP contribution in [0.25, 0.3) is 27.8 Å². The number of carbonyl (C=O) groups excluding carboxylic acids is 3. The zero-order valence-electron chi connectivity index (χ0n) is 26.3. The Kier molecular flexibility index (Phi) is 8.67. The SMILES string of the molecule is O=C(c1cc(C(=O)c2ccccc2-c2ccccc2)cc(C(=O)c2ccccc2-c2ccccc2)c1)c1ccccc1C1=CCCC=C1. The molecule has 6 aromatic carbocycles. The highest BCUT2D eigenvalue weighted by Crippen LogP contribution is 2.31. The van der Waals surface area contributed by atoms with Crippen LogP contribution in [0.2, 0.25) is 0 Å². The molecule has 0 saturated carbocycles. The van der Waals surface area contributed by atoms with Crippen LogP contribution in [0.5, 0.6) is 0 Å². The van der Waals surface area contributed by atoms with Crippen LogP contribution >= 0.6 is 0 Å². The second-order valence-electron chi connectivity index (χ2n) is 11.8. The van der Waals surface area contributed by atoms with Crippen LogP contribution in [0.3, 0.4) is 0 Å². The fraction of sp³-hybridized carbons (Fsp3) is 0.0444. The van der Waals surface area contributed by atoms with Crippen molar-refractivity contribution in [3.8, 4) is 22.3 Å². The zero-order valence-corrected chi connectivity index (χ0v) is 26.3. The summed E-state index contributed by atoms with van der Waals surface area (Å²) in [5.41, 5.74) is 7.54. The molecule has 0 spiro atoms. The van der Waals surface area contributed by atoms with E-state index in [0.717, 1.165) is 46.2 Å². The molecule has 0 aromatic heterocycles. The predicted molar refractivity (Wildman–Crippen MR) is 193 cm³/mol. The third kappa shape index (κ3) is 6.14. The van der Waals surface area contributed by atoms with Gasteiger partial charge in [0, 0.05) is 33.4 Å². The first kappa shape index (κ1) is 30.5. The van der Waals surface area contributed by atoms with Gasteiger partial charge in [-0.2, -0.15) is 0 Å². The standard InChI is InChI=1S/C45H32O3/c46-43(40-25-13-10-22-37(40)31-16-4-1-5-17-31)34-28-35(44(47)41-26-14-11-23-38(41)32-18-6-2-7-19-32)30-36(29-34)45(48)42-27-15-12-24-39(42)33-20-8-3-9-21-33/h1-2,4-8,10-30H,3,9H2. The molecule has 0 fully saturated rings. The zero-order chi connectivity index (χ0) is 32.9. The third-order valence-corrected chi connectivity index (χ3v) is 8.71. The smallest absolute Gasteiger partial charge is 0.193 e. The summed E-state index contributed by atoms with van der Waals surface area (Å²) in [6.45, 7) is 0. The number of benzene rings is 6. The van der Waals surface area contributed by atoms with Gasteiger partial charge in [-0.3, -0.25) is 14.4 Å². The van der Waals surface area contributed by atoms with Crippen LogP contribution in [-0.2, 0) is 0 Å². The molecule has 6 aromatic rings. The second kappa shape index (κ2) is 13.7. The molecule has 0 unspecified atom stereocenters. The molecule has 0 heterocycles. The van der Waals surface area contributed by atoms with Gasteiger partial charge < -0.3 is 0 Å². The lowest BCUT2D eigenvalue weighted by molar-refractivity contribution is 0.103. The number of rotatable bonds is 9. The molecule has 1 aliphatic rings. The van der Waals surface area contributed by atoms with Gasteiger partial charge in [0.2, 0.25) is 0 Å². The van der Waals surface area contributed by atoms with Crippen molar-refractivity contribution < 1.29 is 14.4 Å². The molecular weight excluding hydrogens is 588 g/mol. The van der Waals surface area contributed by atoms with E-state index in [1.807, 2.05) is 127 Å². The van der Waals surface area contributed by atoms with Gasteiger partial charge in [0.15, 0.2) is 17.3 Å². The van der Waals surface area contributed by atoms with Crippen LogP contribution in [-0.4, -0.2) is 17.3 Å². The van der Waals surface area contributed by atoms with Crippen molar-refractivity contribution in [2.75, 3.05) is 0 Å². The van der Waals surface area contributed by atoms with Gasteiger partial charge in [0.05, 0.1) is 0 Å². The lowest BCUT2D eigenvalue weighted by Gasteiger charge is -2.15. The second-order valence-corrected chi connectivity index (χ2v) is 11.8. The van der Waals surface area contributed by atoms with Crippen LogP contribution in [0, 0.1) is 0 Å². The summed E-state index contributed by atoms with van der Waals surface area (Å²) in [5, 5.41) is 0. The molecule has 0 N–H and O–H groups in total. The Hall–Kier alpha value is -6.19. The van der Waals surface area contributed by atoms with Crippen LogP contribution in [0.15, 0.2) is 170 Å². The third-order valence-electron chi connectivity index (χ3n) is 8.71. The molecule has 1 aliphatic carbocycles. The quantitative estimate of drug-likeness (QED) is 0.151. The highest BCUT2D eigenvalue weighted by Gasteiger charge is 2.23. The monoisotopic (exact) mass is 620 g/mol. The maximum absolute atomic E-state index is 14.4. The van der Waals surface area contributed by atoms with Crippen molar-refractivity contribution in [2.24, 2.45) is 0 Å². The van der Waals surface area contributed by atoms with E-state index in [0.29, 0.717) is 16.7 Å². The van der Waals surface area contributed by atoms with Crippen molar-refractivity contribution in [1.29, 1.82) is 0 Å². The molecule has 0 amide bonds. The van der Waals surface area contributed by atoms with Crippen LogP contribution in [0.1, 0.15) is 66.2 Å². The molecule has 0 radical (unpaired) electrons. The highest BCUT2D eigenvalue weighted by molar-refractivity contribution is 6.20. The molecule has 230 valence electrons. The van der Waals surface area contributed by atoms with Gasteiger partial charge in [0.25, 0.3) is 0 Å². The number of ketones is 3. The fourth-order valence-electron chi connectivity index (χ4n) is 6.33. The van der Waals surface area contributed by atoms with Crippen LogP contribution in [0.4, 0.5) is 0 Å². The summed E-state index contributed by atoms with van der Waals surface area (Å²) >= 11 is 0. The van der Waals surface area contributed by atoms with Crippen molar-refractivity contribution in [3.63, 3.8) is 0 Å². The van der Waals surface area contributed by atoms with Crippen molar-refractivity contribution in [2.45, 2.75) is 12.8 Å². The Labute approximate surface area is 280 Å². The lowest BCUT2D eigenvalue weighted by atomic mass is 9.87. The first-order chi connectivity index (χ1) is 23.6. The summed E-state index contributed by atoms with van der Waals surface area (Å²) in [5.74, 6) is -0.775. The van der Waals surface area contributed by atoms with E-state index in [4.69, 9.17) is 0 Å². The Morgan fingerprint density at radius 3 is 1.19 bits per heavy atom. The molecule has 7 rings (SSSR count).